The van der Waals surface area contributed by atoms with Crippen molar-refractivity contribution in [3.05, 3.63) is 91.3 Å². The smallest absolute Gasteiger partial charge is 0.293 e. The van der Waals surface area contributed by atoms with Gasteiger partial charge >= 0.3 is 0 Å². The zero-order valence-corrected chi connectivity index (χ0v) is 23.3. The molecule has 1 saturated heterocycles. The van der Waals surface area contributed by atoms with Gasteiger partial charge in [-0.05, 0) is 77.9 Å². The number of thioether (sulfide) groups is 1. The largest absolute Gasteiger partial charge is 0.493 e. The molecule has 0 saturated carbocycles. The molecule has 38 heavy (non-hydrogen) atoms. The van der Waals surface area contributed by atoms with E-state index in [2.05, 4.69) is 5.32 Å². The standard InChI is InChI=1S/C27H21Cl3N2O5S/c1-15-6-7-19(12-20(15)29)31-24(33)14-37-25-21(30)9-17(10-22(25)36-2)11-23-26(34)32(27(35)38-23)13-16-4-3-5-18(28)8-16/h3-12H,13-14H2,1-2H3,(H,31,33)/b23-11-. The lowest BCUT2D eigenvalue weighted by atomic mass is 10.1. The fourth-order valence-electron chi connectivity index (χ4n) is 3.57. The minimum absolute atomic E-state index is 0.107. The van der Waals surface area contributed by atoms with Gasteiger partial charge in [-0.25, -0.2) is 0 Å². The molecule has 3 aromatic carbocycles. The lowest BCUT2D eigenvalue weighted by molar-refractivity contribution is -0.123. The Morgan fingerprint density at radius 3 is 2.55 bits per heavy atom. The van der Waals surface area contributed by atoms with Gasteiger partial charge in [-0.3, -0.25) is 19.3 Å². The van der Waals surface area contributed by atoms with Crippen molar-refractivity contribution in [1.82, 2.24) is 4.90 Å². The molecule has 0 aliphatic carbocycles. The molecule has 11 heteroatoms. The first-order valence-electron chi connectivity index (χ1n) is 11.2. The van der Waals surface area contributed by atoms with Crippen molar-refractivity contribution in [2.24, 2.45) is 0 Å². The topological polar surface area (TPSA) is 84.9 Å². The van der Waals surface area contributed by atoms with Gasteiger partial charge in [-0.1, -0.05) is 53.0 Å². The first-order valence-corrected chi connectivity index (χ1v) is 13.2. The second-order valence-corrected chi connectivity index (χ2v) is 10.5. The van der Waals surface area contributed by atoms with E-state index in [1.807, 2.05) is 6.92 Å². The highest BCUT2D eigenvalue weighted by Gasteiger charge is 2.35. The van der Waals surface area contributed by atoms with Crippen LogP contribution in [0.5, 0.6) is 11.5 Å². The molecule has 0 aromatic heterocycles. The summed E-state index contributed by atoms with van der Waals surface area (Å²) in [4.78, 5) is 39.2. The molecular formula is C27H21Cl3N2O5S. The molecule has 0 unspecified atom stereocenters. The Hall–Kier alpha value is -3.17. The maximum absolute atomic E-state index is 12.9. The number of carbonyl (C=O) groups is 3. The molecule has 1 N–H and O–H groups in total. The zero-order valence-electron chi connectivity index (χ0n) is 20.2. The molecule has 0 spiro atoms. The minimum atomic E-state index is -0.428. The number of carbonyl (C=O) groups excluding carboxylic acids is 3. The molecule has 1 aliphatic heterocycles. The fourth-order valence-corrected chi connectivity index (χ4v) is 5.08. The number of benzene rings is 3. The van der Waals surface area contributed by atoms with Gasteiger partial charge in [0, 0.05) is 15.7 Å². The lowest BCUT2D eigenvalue weighted by Gasteiger charge is -2.14. The third kappa shape index (κ3) is 6.63. The van der Waals surface area contributed by atoms with E-state index < -0.39 is 11.8 Å². The molecule has 1 aliphatic rings. The number of nitrogens with zero attached hydrogens (tertiary/aromatic N) is 1. The van der Waals surface area contributed by atoms with Gasteiger partial charge < -0.3 is 14.8 Å². The summed E-state index contributed by atoms with van der Waals surface area (Å²) >= 11 is 19.4. The molecule has 7 nitrogen and oxygen atoms in total. The second-order valence-electron chi connectivity index (χ2n) is 8.23. The average Bonchev–Trinajstić information content (AvgIpc) is 3.12. The van der Waals surface area contributed by atoms with Gasteiger partial charge in [-0.15, -0.1) is 0 Å². The van der Waals surface area contributed by atoms with E-state index in [1.54, 1.807) is 60.7 Å². The highest BCUT2D eigenvalue weighted by Crippen LogP contribution is 2.39. The maximum Gasteiger partial charge on any atom is 0.293 e. The van der Waals surface area contributed by atoms with Crippen LogP contribution in [0.1, 0.15) is 16.7 Å². The number of imide groups is 1. The van der Waals surface area contributed by atoms with Crippen LogP contribution in [0.4, 0.5) is 10.5 Å². The highest BCUT2D eigenvalue weighted by atomic mass is 35.5. The van der Waals surface area contributed by atoms with Crippen molar-refractivity contribution < 1.29 is 23.9 Å². The van der Waals surface area contributed by atoms with E-state index in [0.717, 1.165) is 27.8 Å². The zero-order chi connectivity index (χ0) is 27.4. The Labute approximate surface area is 238 Å². The van der Waals surface area contributed by atoms with Crippen LogP contribution < -0.4 is 14.8 Å². The monoisotopic (exact) mass is 590 g/mol. The summed E-state index contributed by atoms with van der Waals surface area (Å²) in [6.07, 6.45) is 1.55. The Kier molecular flexibility index (Phi) is 8.89. The number of nitrogens with one attached hydrogen (secondary N) is 1. The van der Waals surface area contributed by atoms with Crippen LogP contribution in [0.3, 0.4) is 0 Å². The van der Waals surface area contributed by atoms with Crippen LogP contribution in [0.25, 0.3) is 6.08 Å². The molecule has 3 aromatic rings. The van der Waals surface area contributed by atoms with E-state index in [9.17, 15) is 14.4 Å². The number of halogens is 3. The SMILES string of the molecule is COc1cc(/C=C2\SC(=O)N(Cc3cccc(Cl)c3)C2=O)cc(Cl)c1OCC(=O)Nc1ccc(C)c(Cl)c1. The molecule has 0 radical (unpaired) electrons. The van der Waals surface area contributed by atoms with Crippen LogP contribution in [0.2, 0.25) is 15.1 Å². The maximum atomic E-state index is 12.9. The van der Waals surface area contributed by atoms with Crippen molar-refractivity contribution in [3.8, 4) is 11.5 Å². The molecule has 196 valence electrons. The highest BCUT2D eigenvalue weighted by molar-refractivity contribution is 8.18. The molecular weight excluding hydrogens is 571 g/mol. The minimum Gasteiger partial charge on any atom is -0.493 e. The van der Waals surface area contributed by atoms with Crippen LogP contribution in [0, 0.1) is 6.92 Å². The van der Waals surface area contributed by atoms with Crippen molar-refractivity contribution in [3.63, 3.8) is 0 Å². The van der Waals surface area contributed by atoms with Gasteiger partial charge in [0.1, 0.15) is 0 Å². The Morgan fingerprint density at radius 1 is 1.05 bits per heavy atom. The summed E-state index contributed by atoms with van der Waals surface area (Å²) in [5, 5.41) is 3.54. The van der Waals surface area contributed by atoms with E-state index in [1.165, 1.54) is 7.11 Å². The Bertz CT molecular complexity index is 1460. The summed E-state index contributed by atoms with van der Waals surface area (Å²) < 4.78 is 11.0. The Morgan fingerprint density at radius 2 is 1.84 bits per heavy atom. The number of hydrogen-bond acceptors (Lipinski definition) is 6. The predicted octanol–water partition coefficient (Wildman–Crippen LogP) is 7.22. The number of ether oxygens (including phenoxy) is 2. The van der Waals surface area contributed by atoms with Gasteiger partial charge in [0.2, 0.25) is 0 Å². The third-order valence-electron chi connectivity index (χ3n) is 5.46. The van der Waals surface area contributed by atoms with Gasteiger partial charge in [-0.2, -0.15) is 0 Å². The van der Waals surface area contributed by atoms with Crippen LogP contribution in [-0.4, -0.2) is 35.7 Å². The number of amides is 3. The number of aryl methyl sites for hydroxylation is 1. The first-order chi connectivity index (χ1) is 18.1. The van der Waals surface area contributed by atoms with Gasteiger partial charge in [0.15, 0.2) is 18.1 Å². The van der Waals surface area contributed by atoms with Crippen molar-refractivity contribution in [2.75, 3.05) is 19.0 Å². The molecule has 3 amide bonds. The first kappa shape index (κ1) is 27.9. The molecule has 0 bridgehead atoms. The second kappa shape index (κ2) is 12.1. The van der Waals surface area contributed by atoms with E-state index in [4.69, 9.17) is 44.3 Å². The van der Waals surface area contributed by atoms with E-state index in [0.29, 0.717) is 21.3 Å². The fraction of sp³-hybridized carbons (Fsp3) is 0.148. The van der Waals surface area contributed by atoms with Crippen LogP contribution in [0.15, 0.2) is 59.5 Å². The summed E-state index contributed by atoms with van der Waals surface area (Å²) in [6.45, 7) is 1.64. The lowest BCUT2D eigenvalue weighted by Crippen LogP contribution is -2.27. The molecule has 0 atom stereocenters. The summed E-state index contributed by atoms with van der Waals surface area (Å²) in [5.41, 5.74) is 2.68. The number of anilines is 1. The summed E-state index contributed by atoms with van der Waals surface area (Å²) in [6, 6.07) is 15.3. The van der Waals surface area contributed by atoms with Crippen molar-refractivity contribution in [2.45, 2.75) is 13.5 Å². The quantitative estimate of drug-likeness (QED) is 0.279. The van der Waals surface area contributed by atoms with Gasteiger partial charge in [0.25, 0.3) is 17.1 Å². The third-order valence-corrected chi connectivity index (χ3v) is 7.29. The number of rotatable bonds is 8. The molecule has 1 fully saturated rings. The van der Waals surface area contributed by atoms with Gasteiger partial charge in [0.05, 0.1) is 23.6 Å². The summed E-state index contributed by atoms with van der Waals surface area (Å²) in [7, 11) is 1.43. The van der Waals surface area contributed by atoms with Crippen molar-refractivity contribution >= 4 is 75.4 Å². The molecule has 1 heterocycles. The van der Waals surface area contributed by atoms with Crippen LogP contribution >= 0.6 is 46.6 Å². The molecule has 4 rings (SSSR count). The van der Waals surface area contributed by atoms with E-state index >= 15 is 0 Å². The van der Waals surface area contributed by atoms with E-state index in [-0.39, 0.29) is 39.8 Å². The average molecular weight is 592 g/mol. The Balaban J connectivity index is 1.46. The number of methoxy groups -OCH3 is 1. The predicted molar refractivity (Wildman–Crippen MR) is 151 cm³/mol. The van der Waals surface area contributed by atoms with Crippen molar-refractivity contribution in [1.29, 1.82) is 0 Å². The van der Waals surface area contributed by atoms with Crippen LogP contribution in [-0.2, 0) is 16.1 Å². The normalized spacial score (nSPS) is 14.2. The summed E-state index contributed by atoms with van der Waals surface area (Å²) in [5.74, 6) is -0.422. The number of hydrogen-bond donors (Lipinski definition) is 1.